The quantitative estimate of drug-likeness (QED) is 0.698. The van der Waals surface area contributed by atoms with E-state index in [1.54, 1.807) is 4.31 Å². The fourth-order valence-corrected chi connectivity index (χ4v) is 6.41. The van der Waals surface area contributed by atoms with Crippen LogP contribution in [0.3, 0.4) is 0 Å². The molecule has 3 fully saturated rings. The summed E-state index contributed by atoms with van der Waals surface area (Å²) in [6.45, 7) is 4.21. The molecule has 3 aliphatic rings. The van der Waals surface area contributed by atoms with Gasteiger partial charge in [0.05, 0.1) is 5.25 Å². The number of carbonyl (C=O) groups excluding carboxylic acids is 1. The molecule has 26 heavy (non-hydrogen) atoms. The van der Waals surface area contributed by atoms with E-state index < -0.39 is 10.0 Å². The van der Waals surface area contributed by atoms with Crippen molar-refractivity contribution in [1.82, 2.24) is 9.62 Å². The van der Waals surface area contributed by atoms with Crippen molar-refractivity contribution in [2.24, 2.45) is 17.8 Å². The van der Waals surface area contributed by atoms with Crippen LogP contribution < -0.4 is 5.32 Å². The predicted octanol–water partition coefficient (Wildman–Crippen LogP) is 3.30. The molecule has 0 bridgehead atoms. The number of unbranched alkanes of at least 4 members (excludes halogenated alkanes) is 1. The molecular weight excluding hydrogens is 348 g/mol. The Morgan fingerprint density at radius 1 is 0.962 bits per heavy atom. The zero-order chi connectivity index (χ0) is 18.6. The van der Waals surface area contributed by atoms with Gasteiger partial charge in [0.2, 0.25) is 15.9 Å². The van der Waals surface area contributed by atoms with E-state index in [2.05, 4.69) is 12.2 Å². The molecule has 5 nitrogen and oxygen atoms in total. The molecule has 2 aliphatic carbocycles. The molecule has 1 heterocycles. The number of amides is 1. The molecule has 0 unspecified atom stereocenters. The highest BCUT2D eigenvalue weighted by atomic mass is 32.2. The molecule has 1 saturated heterocycles. The lowest BCUT2D eigenvalue weighted by Gasteiger charge is -2.32. The fraction of sp³-hybridized carbons (Fsp3) is 0.950. The van der Waals surface area contributed by atoms with Crippen LogP contribution >= 0.6 is 0 Å². The standard InChI is InChI=1S/C20H36N2O3S/c1-2-3-4-16-5-7-18(8-6-16)20(23)21-15-17-11-13-22(14-12-17)26(24,25)19-9-10-19/h16-19H,2-15H2,1H3,(H,21,23). The maximum atomic E-state index is 12.5. The molecule has 0 spiro atoms. The minimum absolute atomic E-state index is 0.105. The van der Waals surface area contributed by atoms with E-state index in [-0.39, 0.29) is 17.1 Å². The van der Waals surface area contributed by atoms with Crippen LogP contribution in [0.15, 0.2) is 0 Å². The van der Waals surface area contributed by atoms with Gasteiger partial charge in [0, 0.05) is 25.6 Å². The zero-order valence-electron chi connectivity index (χ0n) is 16.3. The molecule has 1 amide bonds. The zero-order valence-corrected chi connectivity index (χ0v) is 17.1. The van der Waals surface area contributed by atoms with E-state index in [1.165, 1.54) is 32.1 Å². The van der Waals surface area contributed by atoms with Crippen molar-refractivity contribution in [3.05, 3.63) is 0 Å². The van der Waals surface area contributed by atoms with Crippen molar-refractivity contribution in [2.75, 3.05) is 19.6 Å². The average Bonchev–Trinajstić information content (AvgIpc) is 3.51. The van der Waals surface area contributed by atoms with Crippen LogP contribution in [-0.2, 0) is 14.8 Å². The number of rotatable bonds is 8. The van der Waals surface area contributed by atoms with Crippen molar-refractivity contribution < 1.29 is 13.2 Å². The Kier molecular flexibility index (Phi) is 7.00. The molecule has 6 heteroatoms. The van der Waals surface area contributed by atoms with Gasteiger partial charge in [-0.3, -0.25) is 4.79 Å². The van der Waals surface area contributed by atoms with Gasteiger partial charge in [0.15, 0.2) is 0 Å². The minimum Gasteiger partial charge on any atom is -0.356 e. The van der Waals surface area contributed by atoms with Crippen LogP contribution in [0.4, 0.5) is 0 Å². The highest BCUT2D eigenvalue weighted by Crippen LogP contribution is 2.34. The number of nitrogens with zero attached hydrogens (tertiary/aromatic N) is 1. The number of nitrogens with one attached hydrogen (secondary N) is 1. The second-order valence-electron chi connectivity index (χ2n) is 8.69. The Hall–Kier alpha value is -0.620. The molecule has 1 N–H and O–H groups in total. The number of sulfonamides is 1. The maximum Gasteiger partial charge on any atom is 0.223 e. The van der Waals surface area contributed by atoms with Gasteiger partial charge < -0.3 is 5.32 Å². The van der Waals surface area contributed by atoms with Gasteiger partial charge in [-0.2, -0.15) is 0 Å². The predicted molar refractivity (Wildman–Crippen MR) is 104 cm³/mol. The first-order valence-electron chi connectivity index (χ1n) is 10.8. The summed E-state index contributed by atoms with van der Waals surface area (Å²) in [5.41, 5.74) is 0. The SMILES string of the molecule is CCCCC1CCC(C(=O)NCC2CCN(S(=O)(=O)C3CC3)CC2)CC1. The number of hydrogen-bond donors (Lipinski definition) is 1. The topological polar surface area (TPSA) is 66.5 Å². The molecule has 3 rings (SSSR count). The Bertz CT molecular complexity index is 558. The summed E-state index contributed by atoms with van der Waals surface area (Å²) in [6.07, 6.45) is 11.8. The highest BCUT2D eigenvalue weighted by molar-refractivity contribution is 7.90. The molecule has 0 atom stereocenters. The molecule has 150 valence electrons. The van der Waals surface area contributed by atoms with Crippen LogP contribution in [-0.4, -0.2) is 43.5 Å². The van der Waals surface area contributed by atoms with Crippen LogP contribution in [0.5, 0.6) is 0 Å². The molecular formula is C20H36N2O3S. The summed E-state index contributed by atoms with van der Waals surface area (Å²) in [7, 11) is -3.03. The second-order valence-corrected chi connectivity index (χ2v) is 10.9. The lowest BCUT2D eigenvalue weighted by atomic mass is 9.79. The van der Waals surface area contributed by atoms with Crippen LogP contribution in [0, 0.1) is 17.8 Å². The smallest absolute Gasteiger partial charge is 0.223 e. The van der Waals surface area contributed by atoms with Crippen LogP contribution in [0.1, 0.15) is 77.6 Å². The summed E-state index contributed by atoms with van der Waals surface area (Å²) in [5, 5.41) is 3.06. The first-order chi connectivity index (χ1) is 12.5. The van der Waals surface area contributed by atoms with Crippen molar-refractivity contribution in [3.63, 3.8) is 0 Å². The lowest BCUT2D eigenvalue weighted by Crippen LogP contribution is -2.43. The van der Waals surface area contributed by atoms with Crippen molar-refractivity contribution in [1.29, 1.82) is 0 Å². The Morgan fingerprint density at radius 3 is 2.19 bits per heavy atom. The number of hydrogen-bond acceptors (Lipinski definition) is 3. The van der Waals surface area contributed by atoms with Crippen LogP contribution in [0.25, 0.3) is 0 Å². The summed E-state index contributed by atoms with van der Waals surface area (Å²) in [4.78, 5) is 12.5. The first-order valence-corrected chi connectivity index (χ1v) is 12.3. The molecule has 0 aromatic heterocycles. The molecule has 2 saturated carbocycles. The third kappa shape index (κ3) is 5.22. The number of piperidine rings is 1. The third-order valence-electron chi connectivity index (χ3n) is 6.63. The fourth-order valence-electron chi connectivity index (χ4n) is 4.54. The molecule has 0 aromatic rings. The maximum absolute atomic E-state index is 12.5. The third-order valence-corrected chi connectivity index (χ3v) is 9.03. The van der Waals surface area contributed by atoms with E-state index in [9.17, 15) is 13.2 Å². The van der Waals surface area contributed by atoms with Gasteiger partial charge in [-0.15, -0.1) is 0 Å². The van der Waals surface area contributed by atoms with Crippen molar-refractivity contribution in [2.45, 2.75) is 82.8 Å². The average molecular weight is 385 g/mol. The molecule has 1 aliphatic heterocycles. The Balaban J connectivity index is 1.33. The second kappa shape index (κ2) is 9.05. The van der Waals surface area contributed by atoms with Crippen molar-refractivity contribution in [3.8, 4) is 0 Å². The Morgan fingerprint density at radius 2 is 1.62 bits per heavy atom. The summed E-state index contributed by atoms with van der Waals surface area (Å²) < 4.78 is 26.2. The van der Waals surface area contributed by atoms with E-state index >= 15 is 0 Å². The van der Waals surface area contributed by atoms with Gasteiger partial charge in [0.25, 0.3) is 0 Å². The summed E-state index contributed by atoms with van der Waals surface area (Å²) in [6, 6.07) is 0. The lowest BCUT2D eigenvalue weighted by molar-refractivity contribution is -0.126. The van der Waals surface area contributed by atoms with Crippen molar-refractivity contribution >= 4 is 15.9 Å². The minimum atomic E-state index is -3.03. The summed E-state index contributed by atoms with van der Waals surface area (Å²) >= 11 is 0. The largest absolute Gasteiger partial charge is 0.356 e. The van der Waals surface area contributed by atoms with Gasteiger partial charge in [-0.1, -0.05) is 26.2 Å². The van der Waals surface area contributed by atoms with E-state index in [0.717, 1.165) is 44.4 Å². The molecule has 0 aromatic carbocycles. The number of carbonyl (C=O) groups is 1. The highest BCUT2D eigenvalue weighted by Gasteiger charge is 2.41. The van der Waals surface area contributed by atoms with Crippen LogP contribution in [0.2, 0.25) is 0 Å². The van der Waals surface area contributed by atoms with Gasteiger partial charge >= 0.3 is 0 Å². The van der Waals surface area contributed by atoms with E-state index in [0.29, 0.717) is 25.6 Å². The molecule has 0 radical (unpaired) electrons. The van der Waals surface area contributed by atoms with Gasteiger partial charge in [0.1, 0.15) is 0 Å². The van der Waals surface area contributed by atoms with Gasteiger partial charge in [-0.25, -0.2) is 12.7 Å². The van der Waals surface area contributed by atoms with Gasteiger partial charge in [-0.05, 0) is 63.2 Å². The summed E-state index contributed by atoms with van der Waals surface area (Å²) in [5.74, 6) is 1.68. The first kappa shape index (κ1) is 20.1. The monoisotopic (exact) mass is 384 g/mol. The van der Waals surface area contributed by atoms with E-state index in [4.69, 9.17) is 0 Å². The Labute approximate surface area is 159 Å². The van der Waals surface area contributed by atoms with E-state index in [1.807, 2.05) is 0 Å². The normalized spacial score (nSPS) is 28.8.